The Labute approximate surface area is 217 Å². The third-order valence-electron chi connectivity index (χ3n) is 6.26. The van der Waals surface area contributed by atoms with E-state index in [4.69, 9.17) is 9.47 Å². The van der Waals surface area contributed by atoms with E-state index in [-0.39, 0.29) is 23.5 Å². The van der Waals surface area contributed by atoms with E-state index in [0.717, 1.165) is 31.4 Å². The summed E-state index contributed by atoms with van der Waals surface area (Å²) in [6.45, 7) is 3.19. The van der Waals surface area contributed by atoms with E-state index in [0.29, 0.717) is 36.4 Å². The van der Waals surface area contributed by atoms with E-state index in [2.05, 4.69) is 32.3 Å². The van der Waals surface area contributed by atoms with Crippen molar-refractivity contribution in [3.05, 3.63) is 95.8 Å². The minimum atomic E-state index is -4.46. The summed E-state index contributed by atoms with van der Waals surface area (Å²) in [7, 11) is 0. The van der Waals surface area contributed by atoms with Crippen LogP contribution in [-0.2, 0) is 17.5 Å². The SMILES string of the molecule is O=C(NCC1COCCN1Cc1ccccc1)c1ccc2cc(Oc3ccc(C(F)(F)F)cn3)ccc2n1. The van der Waals surface area contributed by atoms with Crippen LogP contribution in [0.25, 0.3) is 10.9 Å². The zero-order chi connectivity index (χ0) is 26.5. The van der Waals surface area contributed by atoms with Crippen LogP contribution >= 0.6 is 0 Å². The van der Waals surface area contributed by atoms with E-state index in [1.54, 1.807) is 30.3 Å². The van der Waals surface area contributed by atoms with Gasteiger partial charge < -0.3 is 14.8 Å². The Morgan fingerprint density at radius 3 is 2.68 bits per heavy atom. The summed E-state index contributed by atoms with van der Waals surface area (Å²) in [5.74, 6) is 0.139. The molecule has 1 aliphatic heterocycles. The molecule has 1 saturated heterocycles. The van der Waals surface area contributed by atoms with E-state index < -0.39 is 11.7 Å². The minimum absolute atomic E-state index is 0.0364. The van der Waals surface area contributed by atoms with Crippen LogP contribution in [0.1, 0.15) is 21.6 Å². The first-order valence-electron chi connectivity index (χ1n) is 12.1. The van der Waals surface area contributed by atoms with Crippen LogP contribution in [0.4, 0.5) is 13.2 Å². The Kier molecular flexibility index (Phi) is 7.52. The van der Waals surface area contributed by atoms with Gasteiger partial charge in [0.2, 0.25) is 5.88 Å². The molecule has 3 heterocycles. The number of hydrogen-bond acceptors (Lipinski definition) is 6. The van der Waals surface area contributed by atoms with Gasteiger partial charge in [0.05, 0.1) is 30.3 Å². The van der Waals surface area contributed by atoms with Crippen molar-refractivity contribution in [3.8, 4) is 11.6 Å². The molecular formula is C28H25F3N4O3. The molecule has 1 aliphatic rings. The monoisotopic (exact) mass is 522 g/mol. The number of alkyl halides is 3. The minimum Gasteiger partial charge on any atom is -0.439 e. The largest absolute Gasteiger partial charge is 0.439 e. The van der Waals surface area contributed by atoms with Crippen molar-refractivity contribution in [2.45, 2.75) is 18.8 Å². The normalized spacial score (nSPS) is 16.3. The fourth-order valence-electron chi connectivity index (χ4n) is 4.23. The molecule has 0 radical (unpaired) electrons. The Morgan fingerprint density at radius 2 is 1.92 bits per heavy atom. The number of rotatable bonds is 7. The first kappa shape index (κ1) is 25.6. The van der Waals surface area contributed by atoms with Crippen LogP contribution in [0.2, 0.25) is 0 Å². The Bertz CT molecular complexity index is 1400. The number of hydrogen-bond donors (Lipinski definition) is 1. The highest BCUT2D eigenvalue weighted by atomic mass is 19.4. The van der Waals surface area contributed by atoms with Crippen LogP contribution < -0.4 is 10.1 Å². The second-order valence-electron chi connectivity index (χ2n) is 8.93. The average Bonchev–Trinajstić information content (AvgIpc) is 2.92. The van der Waals surface area contributed by atoms with E-state index >= 15 is 0 Å². The maximum atomic E-state index is 12.9. The highest BCUT2D eigenvalue weighted by molar-refractivity contribution is 5.95. The maximum absolute atomic E-state index is 12.9. The lowest BCUT2D eigenvalue weighted by Gasteiger charge is -2.35. The van der Waals surface area contributed by atoms with Crippen LogP contribution in [0.15, 0.2) is 79.0 Å². The molecule has 7 nitrogen and oxygen atoms in total. The molecular weight excluding hydrogens is 497 g/mol. The highest BCUT2D eigenvalue weighted by Crippen LogP contribution is 2.30. The molecule has 1 atom stereocenters. The van der Waals surface area contributed by atoms with Crippen molar-refractivity contribution in [2.24, 2.45) is 0 Å². The van der Waals surface area contributed by atoms with Crippen molar-refractivity contribution >= 4 is 16.8 Å². The van der Waals surface area contributed by atoms with Crippen LogP contribution in [0.5, 0.6) is 11.6 Å². The van der Waals surface area contributed by atoms with Crippen molar-refractivity contribution in [1.29, 1.82) is 0 Å². The molecule has 0 spiro atoms. The molecule has 10 heteroatoms. The number of pyridine rings is 2. The van der Waals surface area contributed by atoms with Gasteiger partial charge in [0.1, 0.15) is 11.4 Å². The van der Waals surface area contributed by atoms with Crippen molar-refractivity contribution in [3.63, 3.8) is 0 Å². The number of benzene rings is 2. The Morgan fingerprint density at radius 1 is 1.08 bits per heavy atom. The van der Waals surface area contributed by atoms with Crippen molar-refractivity contribution in [2.75, 3.05) is 26.3 Å². The van der Waals surface area contributed by atoms with Gasteiger partial charge in [0.25, 0.3) is 5.91 Å². The molecule has 1 unspecified atom stereocenters. The third-order valence-corrected chi connectivity index (χ3v) is 6.26. The maximum Gasteiger partial charge on any atom is 0.417 e. The van der Waals surface area contributed by atoms with Gasteiger partial charge in [-0.3, -0.25) is 9.69 Å². The molecule has 2 aromatic carbocycles. The number of ether oxygens (including phenoxy) is 2. The number of fused-ring (bicyclic) bond motifs is 1. The zero-order valence-corrected chi connectivity index (χ0v) is 20.3. The molecule has 5 rings (SSSR count). The van der Waals surface area contributed by atoms with Crippen LogP contribution in [0, 0.1) is 0 Å². The van der Waals surface area contributed by atoms with E-state index in [9.17, 15) is 18.0 Å². The summed E-state index contributed by atoms with van der Waals surface area (Å²) in [5, 5.41) is 3.68. The number of morpholine rings is 1. The molecule has 4 aromatic rings. The second-order valence-corrected chi connectivity index (χ2v) is 8.93. The van der Waals surface area contributed by atoms with Crippen molar-refractivity contribution in [1.82, 2.24) is 20.2 Å². The fraction of sp³-hybridized carbons (Fsp3) is 0.250. The van der Waals surface area contributed by atoms with Gasteiger partial charge >= 0.3 is 6.18 Å². The lowest BCUT2D eigenvalue weighted by atomic mass is 10.1. The molecule has 0 aliphatic carbocycles. The predicted molar refractivity (Wildman–Crippen MR) is 135 cm³/mol. The number of amides is 1. The third kappa shape index (κ3) is 6.27. The van der Waals surface area contributed by atoms with Crippen LogP contribution in [-0.4, -0.2) is 53.1 Å². The molecule has 1 N–H and O–H groups in total. The van der Waals surface area contributed by atoms with Gasteiger partial charge in [-0.25, -0.2) is 9.97 Å². The predicted octanol–water partition coefficient (Wildman–Crippen LogP) is 5.07. The lowest BCUT2D eigenvalue weighted by Crippen LogP contribution is -2.50. The smallest absolute Gasteiger partial charge is 0.417 e. The van der Waals surface area contributed by atoms with Crippen molar-refractivity contribution < 1.29 is 27.4 Å². The summed E-state index contributed by atoms with van der Waals surface area (Å²) >= 11 is 0. The summed E-state index contributed by atoms with van der Waals surface area (Å²) in [4.78, 5) is 23.3. The van der Waals surface area contributed by atoms with Gasteiger partial charge in [-0.15, -0.1) is 0 Å². The Hall–Kier alpha value is -4.02. The summed E-state index contributed by atoms with van der Waals surface area (Å²) in [5.41, 5.74) is 1.22. The summed E-state index contributed by atoms with van der Waals surface area (Å²) in [6, 6.07) is 20.7. The number of carbonyl (C=O) groups excluding carboxylic acids is 1. The quantitative estimate of drug-likeness (QED) is 0.365. The van der Waals surface area contributed by atoms with E-state index in [1.165, 1.54) is 5.56 Å². The molecule has 1 amide bonds. The second kappa shape index (κ2) is 11.2. The van der Waals surface area contributed by atoms with Gasteiger partial charge in [-0.05, 0) is 35.9 Å². The highest BCUT2D eigenvalue weighted by Gasteiger charge is 2.30. The summed E-state index contributed by atoms with van der Waals surface area (Å²) in [6.07, 6.45) is -3.74. The van der Waals surface area contributed by atoms with E-state index in [1.807, 2.05) is 18.2 Å². The molecule has 2 aromatic heterocycles. The number of aromatic nitrogens is 2. The fourth-order valence-corrected chi connectivity index (χ4v) is 4.23. The number of halogens is 3. The molecule has 0 bridgehead atoms. The van der Waals surface area contributed by atoms with Gasteiger partial charge in [0, 0.05) is 37.3 Å². The number of nitrogens with one attached hydrogen (secondary N) is 1. The average molecular weight is 523 g/mol. The standard InChI is InChI=1S/C28H25F3N4O3/c29-28(30,31)21-7-11-26(32-15-21)38-23-8-10-24-20(14-23)6-9-25(34-24)27(36)33-16-22-18-37-13-12-35(22)17-19-4-2-1-3-5-19/h1-11,14-15,22H,12-13,16-18H2,(H,33,36). The van der Waals surface area contributed by atoms with Gasteiger partial charge in [0.15, 0.2) is 0 Å². The molecule has 196 valence electrons. The molecule has 0 saturated carbocycles. The lowest BCUT2D eigenvalue weighted by molar-refractivity contribution is -0.137. The van der Waals surface area contributed by atoms with Crippen LogP contribution in [0.3, 0.4) is 0 Å². The van der Waals surface area contributed by atoms with Gasteiger partial charge in [-0.2, -0.15) is 13.2 Å². The number of carbonyl (C=O) groups is 1. The molecule has 1 fully saturated rings. The first-order chi connectivity index (χ1) is 18.3. The zero-order valence-electron chi connectivity index (χ0n) is 20.3. The summed E-state index contributed by atoms with van der Waals surface area (Å²) < 4.78 is 49.4. The first-order valence-corrected chi connectivity index (χ1v) is 12.1. The topological polar surface area (TPSA) is 76.6 Å². The van der Waals surface area contributed by atoms with Gasteiger partial charge in [-0.1, -0.05) is 36.4 Å². The Balaban J connectivity index is 1.21. The molecule has 38 heavy (non-hydrogen) atoms. The number of nitrogens with zero attached hydrogens (tertiary/aromatic N) is 3.